The highest BCUT2D eigenvalue weighted by Crippen LogP contribution is 2.13. The summed E-state index contributed by atoms with van der Waals surface area (Å²) in [4.78, 5) is 20.8. The molecule has 0 N–H and O–H groups in total. The number of rotatable bonds is 18. The molecule has 2 heteroatoms. The summed E-state index contributed by atoms with van der Waals surface area (Å²) < 4.78 is 0. The third kappa shape index (κ3) is 19.3. The number of carbonyl (C=O) groups excluding carboxylic acids is 2. The molecule has 0 spiro atoms. The number of carbonyl (C=O) groups is 1. The first-order valence-electron chi connectivity index (χ1n) is 9.62. The van der Waals surface area contributed by atoms with Gasteiger partial charge in [0.15, 0.2) is 6.29 Å². The van der Waals surface area contributed by atoms with E-state index in [4.69, 9.17) is 0 Å². The minimum Gasteiger partial charge on any atom is -0.300 e. The second-order valence-electron chi connectivity index (χ2n) is 6.65. The van der Waals surface area contributed by atoms with Gasteiger partial charge in [-0.2, -0.15) is 0 Å². The molecule has 0 aromatic carbocycles. The first-order chi connectivity index (χ1) is 10.8. The average molecular weight is 310 g/mol. The Morgan fingerprint density at radius 1 is 0.591 bits per heavy atom. The molecule has 0 bridgehead atoms. The van der Waals surface area contributed by atoms with Crippen LogP contribution in [0.5, 0.6) is 0 Å². The summed E-state index contributed by atoms with van der Waals surface area (Å²) in [5.41, 5.74) is 0. The normalized spacial score (nSPS) is 10.8. The second kappa shape index (κ2) is 18.4. The summed E-state index contributed by atoms with van der Waals surface area (Å²) in [6, 6.07) is 0. The Hall–Kier alpha value is -0.660. The van der Waals surface area contributed by atoms with Crippen molar-refractivity contribution in [3.05, 3.63) is 0 Å². The molecule has 0 amide bonds. The summed E-state index contributed by atoms with van der Waals surface area (Å²) in [6.07, 6.45) is 22.8. The lowest BCUT2D eigenvalue weighted by Crippen LogP contribution is -1.89. The lowest BCUT2D eigenvalue weighted by atomic mass is 10.0. The summed E-state index contributed by atoms with van der Waals surface area (Å²) >= 11 is 0. The van der Waals surface area contributed by atoms with Crippen LogP contribution in [-0.2, 0) is 9.59 Å². The van der Waals surface area contributed by atoms with E-state index in [9.17, 15) is 9.59 Å². The number of hydrogen-bond donors (Lipinski definition) is 0. The maximum atomic E-state index is 10.8. The Labute approximate surface area is 138 Å². The van der Waals surface area contributed by atoms with E-state index in [0.717, 1.165) is 19.3 Å². The van der Waals surface area contributed by atoms with Crippen LogP contribution in [0.3, 0.4) is 0 Å². The highest BCUT2D eigenvalue weighted by Gasteiger charge is 1.96. The minimum atomic E-state index is 0.333. The summed E-state index contributed by atoms with van der Waals surface area (Å²) in [5.74, 6) is 0.333. The zero-order valence-electron chi connectivity index (χ0n) is 14.8. The fourth-order valence-electron chi connectivity index (χ4n) is 2.87. The van der Waals surface area contributed by atoms with Crippen LogP contribution in [0.2, 0.25) is 0 Å². The largest absolute Gasteiger partial charge is 0.300 e. The molecule has 0 fully saturated rings. The summed E-state index contributed by atoms with van der Waals surface area (Å²) in [5, 5.41) is 0. The van der Waals surface area contributed by atoms with Gasteiger partial charge in [-0.3, -0.25) is 4.79 Å². The van der Waals surface area contributed by atoms with E-state index in [1.54, 1.807) is 6.92 Å². The van der Waals surface area contributed by atoms with Crippen molar-refractivity contribution in [3.63, 3.8) is 0 Å². The van der Waals surface area contributed by atoms with Gasteiger partial charge in [-0.05, 0) is 19.8 Å². The van der Waals surface area contributed by atoms with Gasteiger partial charge < -0.3 is 4.79 Å². The average Bonchev–Trinajstić information content (AvgIpc) is 2.50. The van der Waals surface area contributed by atoms with Crippen LogP contribution in [0, 0.1) is 0 Å². The van der Waals surface area contributed by atoms with Crippen LogP contribution in [-0.4, -0.2) is 12.1 Å². The van der Waals surface area contributed by atoms with Gasteiger partial charge in [-0.15, -0.1) is 0 Å². The van der Waals surface area contributed by atoms with Crippen LogP contribution >= 0.6 is 0 Å². The highest BCUT2D eigenvalue weighted by molar-refractivity contribution is 5.75. The zero-order chi connectivity index (χ0) is 16.3. The van der Waals surface area contributed by atoms with Crippen molar-refractivity contribution in [3.8, 4) is 0 Å². The molecule has 129 valence electrons. The fourth-order valence-corrected chi connectivity index (χ4v) is 2.87. The van der Waals surface area contributed by atoms with Gasteiger partial charge in [0.1, 0.15) is 5.78 Å². The van der Waals surface area contributed by atoms with Crippen LogP contribution in [0.1, 0.15) is 116 Å². The maximum Gasteiger partial charge on any atom is 0.198 e. The zero-order valence-corrected chi connectivity index (χ0v) is 14.8. The monoisotopic (exact) mass is 309 g/mol. The molecule has 0 aromatic heterocycles. The number of ketones is 1. The topological polar surface area (TPSA) is 34.1 Å². The molecular weight excluding hydrogens is 272 g/mol. The molecule has 0 saturated heterocycles. The number of unbranched alkanes of at least 4 members (excludes halogenated alkanes) is 15. The van der Waals surface area contributed by atoms with Gasteiger partial charge in [-0.25, -0.2) is 0 Å². The van der Waals surface area contributed by atoms with Gasteiger partial charge in [0.2, 0.25) is 0 Å². The lowest BCUT2D eigenvalue weighted by molar-refractivity contribution is -0.117. The molecule has 0 rings (SSSR count). The fraction of sp³-hybridized carbons (Fsp3) is 0.900. The van der Waals surface area contributed by atoms with Crippen molar-refractivity contribution in [2.75, 3.05) is 0 Å². The third-order valence-corrected chi connectivity index (χ3v) is 4.31. The van der Waals surface area contributed by atoms with Crippen molar-refractivity contribution in [1.29, 1.82) is 0 Å². The van der Waals surface area contributed by atoms with Crippen LogP contribution < -0.4 is 0 Å². The highest BCUT2D eigenvalue weighted by atomic mass is 16.1. The van der Waals surface area contributed by atoms with Crippen molar-refractivity contribution in [1.82, 2.24) is 0 Å². The quantitative estimate of drug-likeness (QED) is 0.278. The Balaban J connectivity index is 2.97. The van der Waals surface area contributed by atoms with Gasteiger partial charge in [-0.1, -0.05) is 83.5 Å². The lowest BCUT2D eigenvalue weighted by Gasteiger charge is -2.03. The second-order valence-corrected chi connectivity index (χ2v) is 6.65. The Morgan fingerprint density at radius 2 is 0.909 bits per heavy atom. The standard InChI is InChI=1S/C20H37O2/c1-20(22)18-16-14-12-10-8-6-4-2-3-5-7-9-11-13-15-17-19-21/h2-18H2,1H3. The third-order valence-electron chi connectivity index (χ3n) is 4.31. The van der Waals surface area contributed by atoms with E-state index in [-0.39, 0.29) is 0 Å². The Kier molecular flexibility index (Phi) is 17.8. The molecule has 1 radical (unpaired) electrons. The van der Waals surface area contributed by atoms with E-state index in [0.29, 0.717) is 12.2 Å². The van der Waals surface area contributed by atoms with Gasteiger partial charge >= 0.3 is 0 Å². The van der Waals surface area contributed by atoms with Gasteiger partial charge in [0, 0.05) is 12.8 Å². The van der Waals surface area contributed by atoms with Crippen molar-refractivity contribution < 1.29 is 9.59 Å². The first kappa shape index (κ1) is 21.3. The molecule has 0 aliphatic heterocycles. The SMILES string of the molecule is CC(=O)CCCCCCCCCCCCCCCCC[C]=O. The molecular formula is C20H37O2. The van der Waals surface area contributed by atoms with E-state index in [1.807, 2.05) is 6.29 Å². The Bertz CT molecular complexity index is 248. The Morgan fingerprint density at radius 3 is 1.23 bits per heavy atom. The van der Waals surface area contributed by atoms with E-state index in [1.165, 1.54) is 83.5 Å². The predicted molar refractivity (Wildman–Crippen MR) is 94.9 cm³/mol. The molecule has 0 aromatic rings. The molecule has 0 aliphatic rings. The molecule has 0 unspecified atom stereocenters. The van der Waals surface area contributed by atoms with E-state index in [2.05, 4.69) is 0 Å². The summed E-state index contributed by atoms with van der Waals surface area (Å²) in [6.45, 7) is 1.69. The molecule has 0 heterocycles. The smallest absolute Gasteiger partial charge is 0.198 e. The van der Waals surface area contributed by atoms with Crippen LogP contribution in [0.15, 0.2) is 0 Å². The van der Waals surface area contributed by atoms with Crippen LogP contribution in [0.4, 0.5) is 0 Å². The van der Waals surface area contributed by atoms with E-state index < -0.39 is 0 Å². The first-order valence-corrected chi connectivity index (χ1v) is 9.62. The number of hydrogen-bond acceptors (Lipinski definition) is 2. The molecule has 22 heavy (non-hydrogen) atoms. The molecule has 0 aliphatic carbocycles. The van der Waals surface area contributed by atoms with E-state index >= 15 is 0 Å². The van der Waals surface area contributed by atoms with Crippen molar-refractivity contribution in [2.45, 2.75) is 116 Å². The van der Waals surface area contributed by atoms with Crippen molar-refractivity contribution in [2.24, 2.45) is 0 Å². The van der Waals surface area contributed by atoms with Crippen LogP contribution in [0.25, 0.3) is 0 Å². The predicted octanol–water partition coefficient (Wildman–Crippen LogP) is 6.32. The molecule has 0 atom stereocenters. The summed E-state index contributed by atoms with van der Waals surface area (Å²) in [7, 11) is 0. The van der Waals surface area contributed by atoms with Gasteiger partial charge in [0.05, 0.1) is 0 Å². The number of Topliss-reactive ketones (excluding diaryl/α,β-unsaturated/α-hetero) is 1. The molecule has 2 nitrogen and oxygen atoms in total. The molecule has 0 saturated carbocycles. The van der Waals surface area contributed by atoms with Gasteiger partial charge in [0.25, 0.3) is 0 Å². The minimum absolute atomic E-state index is 0.333. The van der Waals surface area contributed by atoms with Crippen molar-refractivity contribution >= 4 is 12.1 Å². The maximum absolute atomic E-state index is 10.8.